The Balaban J connectivity index is 1.90. The van der Waals surface area contributed by atoms with Crippen molar-refractivity contribution in [2.24, 2.45) is 0 Å². The van der Waals surface area contributed by atoms with Gasteiger partial charge in [-0.1, -0.05) is 6.92 Å². The van der Waals surface area contributed by atoms with E-state index in [1.54, 1.807) is 11.3 Å². The Kier molecular flexibility index (Phi) is 4.50. The van der Waals surface area contributed by atoms with Crippen LogP contribution in [0.15, 0.2) is 6.20 Å². The van der Waals surface area contributed by atoms with Crippen LogP contribution < -0.4 is 5.32 Å². The van der Waals surface area contributed by atoms with E-state index < -0.39 is 0 Å². The number of aliphatic hydroxyl groups excluding tert-OH is 1. The minimum absolute atomic E-state index is 0.158. The molecule has 17 heavy (non-hydrogen) atoms. The fraction of sp³-hybridized carbons (Fsp3) is 0.750. The third-order valence-corrected chi connectivity index (χ3v) is 4.44. The third kappa shape index (κ3) is 3.25. The first-order valence-corrected chi connectivity index (χ1v) is 6.97. The summed E-state index contributed by atoms with van der Waals surface area (Å²) in [6.07, 6.45) is 4.68. The van der Waals surface area contributed by atoms with Crippen LogP contribution in [0.2, 0.25) is 0 Å². The van der Waals surface area contributed by atoms with Crippen molar-refractivity contribution < 1.29 is 9.84 Å². The lowest BCUT2D eigenvalue weighted by Crippen LogP contribution is -2.51. The number of hydrogen-bond acceptors (Lipinski definition) is 5. The molecule has 0 aromatic carbocycles. The summed E-state index contributed by atoms with van der Waals surface area (Å²) in [5, 5.41) is 14.2. The van der Waals surface area contributed by atoms with Gasteiger partial charge in [0, 0.05) is 36.4 Å². The maximum Gasteiger partial charge on any atom is 0.0925 e. The zero-order chi connectivity index (χ0) is 12.1. The van der Waals surface area contributed by atoms with Gasteiger partial charge >= 0.3 is 0 Å². The molecule has 1 aromatic rings. The summed E-state index contributed by atoms with van der Waals surface area (Å²) in [6.45, 7) is 4.55. The molecule has 96 valence electrons. The lowest BCUT2D eigenvalue weighted by atomic mass is 9.91. The van der Waals surface area contributed by atoms with Crippen LogP contribution in [-0.4, -0.2) is 35.5 Å². The number of ether oxygens (including phenoxy) is 1. The Morgan fingerprint density at radius 1 is 1.53 bits per heavy atom. The molecule has 0 spiro atoms. The maximum absolute atomic E-state index is 9.54. The van der Waals surface area contributed by atoms with Crippen molar-refractivity contribution >= 4 is 11.3 Å². The maximum atomic E-state index is 9.54. The van der Waals surface area contributed by atoms with Crippen molar-refractivity contribution in [1.82, 2.24) is 10.3 Å². The number of aryl methyl sites for hydroxylation is 1. The SMILES string of the molecule is CCc1ncc(CNC2(CO)CCOCC2)s1. The first-order valence-electron chi connectivity index (χ1n) is 6.15. The molecule has 1 aliphatic rings. The van der Waals surface area contributed by atoms with Crippen molar-refractivity contribution in [2.75, 3.05) is 19.8 Å². The zero-order valence-corrected chi connectivity index (χ0v) is 11.1. The van der Waals surface area contributed by atoms with E-state index in [1.165, 1.54) is 9.88 Å². The van der Waals surface area contributed by atoms with Crippen LogP contribution in [0.3, 0.4) is 0 Å². The van der Waals surface area contributed by atoms with E-state index in [4.69, 9.17) is 4.74 Å². The summed E-state index contributed by atoms with van der Waals surface area (Å²) in [7, 11) is 0. The molecule has 0 amide bonds. The Hall–Kier alpha value is -0.490. The predicted octanol–water partition coefficient (Wildman–Crippen LogP) is 1.34. The van der Waals surface area contributed by atoms with E-state index in [1.807, 2.05) is 6.20 Å². The van der Waals surface area contributed by atoms with Gasteiger partial charge in [0.05, 0.1) is 11.6 Å². The number of nitrogens with zero attached hydrogens (tertiary/aromatic N) is 1. The Morgan fingerprint density at radius 2 is 2.29 bits per heavy atom. The highest BCUT2D eigenvalue weighted by atomic mass is 32.1. The molecule has 4 nitrogen and oxygen atoms in total. The molecule has 0 aliphatic carbocycles. The highest BCUT2D eigenvalue weighted by Crippen LogP contribution is 2.22. The normalized spacial score (nSPS) is 19.4. The Morgan fingerprint density at radius 3 is 2.88 bits per heavy atom. The van der Waals surface area contributed by atoms with Crippen LogP contribution in [0, 0.1) is 0 Å². The fourth-order valence-corrected chi connectivity index (χ4v) is 2.82. The van der Waals surface area contributed by atoms with Crippen LogP contribution in [-0.2, 0) is 17.7 Å². The second-order valence-electron chi connectivity index (χ2n) is 4.48. The molecule has 5 heteroatoms. The number of rotatable bonds is 5. The average Bonchev–Trinajstić information content (AvgIpc) is 2.85. The standard InChI is InChI=1S/C12H20N2O2S/c1-2-11-13-7-10(17-11)8-14-12(9-15)3-5-16-6-4-12/h7,14-15H,2-6,8-9H2,1H3. The minimum Gasteiger partial charge on any atom is -0.394 e. The first kappa shape index (κ1) is 13.0. The summed E-state index contributed by atoms with van der Waals surface area (Å²) in [4.78, 5) is 5.58. The molecule has 0 unspecified atom stereocenters. The predicted molar refractivity (Wildman–Crippen MR) is 68.2 cm³/mol. The largest absolute Gasteiger partial charge is 0.394 e. The molecular formula is C12H20N2O2S. The first-order chi connectivity index (χ1) is 8.28. The Labute approximate surface area is 106 Å². The molecule has 1 saturated heterocycles. The van der Waals surface area contributed by atoms with Crippen LogP contribution >= 0.6 is 11.3 Å². The summed E-state index contributed by atoms with van der Waals surface area (Å²) in [5.41, 5.74) is -0.158. The molecule has 2 heterocycles. The number of aliphatic hydroxyl groups is 1. The van der Waals surface area contributed by atoms with Gasteiger partial charge < -0.3 is 15.2 Å². The van der Waals surface area contributed by atoms with Gasteiger partial charge in [-0.15, -0.1) is 11.3 Å². The van der Waals surface area contributed by atoms with Gasteiger partial charge in [0.25, 0.3) is 0 Å². The smallest absolute Gasteiger partial charge is 0.0925 e. The highest BCUT2D eigenvalue weighted by molar-refractivity contribution is 7.11. The van der Waals surface area contributed by atoms with Crippen molar-refractivity contribution in [2.45, 2.75) is 38.3 Å². The summed E-state index contributed by atoms with van der Waals surface area (Å²) in [5.74, 6) is 0. The van der Waals surface area contributed by atoms with E-state index in [-0.39, 0.29) is 12.1 Å². The lowest BCUT2D eigenvalue weighted by molar-refractivity contribution is 0.0113. The molecule has 2 N–H and O–H groups in total. The lowest BCUT2D eigenvalue weighted by Gasteiger charge is -2.36. The van der Waals surface area contributed by atoms with Gasteiger partial charge in [-0.2, -0.15) is 0 Å². The van der Waals surface area contributed by atoms with Crippen LogP contribution in [0.5, 0.6) is 0 Å². The van der Waals surface area contributed by atoms with Gasteiger partial charge in [0.1, 0.15) is 0 Å². The average molecular weight is 256 g/mol. The number of nitrogens with one attached hydrogen (secondary N) is 1. The monoisotopic (exact) mass is 256 g/mol. The molecule has 0 bridgehead atoms. The summed E-state index contributed by atoms with van der Waals surface area (Å²) < 4.78 is 5.34. The van der Waals surface area contributed by atoms with Crippen LogP contribution in [0.25, 0.3) is 0 Å². The fourth-order valence-electron chi connectivity index (χ4n) is 2.02. The van der Waals surface area contributed by atoms with Gasteiger partial charge in [-0.05, 0) is 19.3 Å². The second-order valence-corrected chi connectivity index (χ2v) is 5.68. The van der Waals surface area contributed by atoms with Crippen LogP contribution in [0.4, 0.5) is 0 Å². The molecule has 1 fully saturated rings. The van der Waals surface area contributed by atoms with Gasteiger partial charge in [0.2, 0.25) is 0 Å². The van der Waals surface area contributed by atoms with Gasteiger partial charge in [-0.25, -0.2) is 4.98 Å². The van der Waals surface area contributed by atoms with Crippen molar-refractivity contribution in [3.05, 3.63) is 16.1 Å². The van der Waals surface area contributed by atoms with E-state index in [0.29, 0.717) is 0 Å². The molecule has 2 rings (SSSR count). The third-order valence-electron chi connectivity index (χ3n) is 3.29. The highest BCUT2D eigenvalue weighted by Gasteiger charge is 2.31. The number of hydrogen-bond donors (Lipinski definition) is 2. The van der Waals surface area contributed by atoms with Crippen LogP contribution in [0.1, 0.15) is 29.7 Å². The van der Waals surface area contributed by atoms with E-state index >= 15 is 0 Å². The van der Waals surface area contributed by atoms with Crippen molar-refractivity contribution in [3.63, 3.8) is 0 Å². The van der Waals surface area contributed by atoms with Gasteiger partial charge in [-0.3, -0.25) is 0 Å². The molecule has 0 saturated carbocycles. The zero-order valence-electron chi connectivity index (χ0n) is 10.2. The van der Waals surface area contributed by atoms with Crippen molar-refractivity contribution in [1.29, 1.82) is 0 Å². The Bertz CT molecular complexity index is 348. The minimum atomic E-state index is -0.158. The molecule has 0 atom stereocenters. The topological polar surface area (TPSA) is 54.4 Å². The number of thiazole rings is 1. The number of aromatic nitrogens is 1. The van der Waals surface area contributed by atoms with Crippen molar-refractivity contribution in [3.8, 4) is 0 Å². The quantitative estimate of drug-likeness (QED) is 0.834. The molecular weight excluding hydrogens is 236 g/mol. The second kappa shape index (κ2) is 5.91. The molecule has 1 aromatic heterocycles. The molecule has 0 radical (unpaired) electrons. The summed E-state index contributed by atoms with van der Waals surface area (Å²) in [6, 6.07) is 0. The molecule has 1 aliphatic heterocycles. The summed E-state index contributed by atoms with van der Waals surface area (Å²) >= 11 is 1.74. The van der Waals surface area contributed by atoms with E-state index in [9.17, 15) is 5.11 Å². The van der Waals surface area contributed by atoms with E-state index in [0.717, 1.165) is 39.0 Å². The van der Waals surface area contributed by atoms with Gasteiger partial charge in [0.15, 0.2) is 0 Å². The van der Waals surface area contributed by atoms with E-state index in [2.05, 4.69) is 17.2 Å².